The number of rotatable bonds is 5. The van der Waals surface area contributed by atoms with E-state index in [-0.39, 0.29) is 17.9 Å². The first kappa shape index (κ1) is 15.8. The van der Waals surface area contributed by atoms with Crippen LogP contribution in [0.25, 0.3) is 0 Å². The Morgan fingerprint density at radius 3 is 2.78 bits per heavy atom. The van der Waals surface area contributed by atoms with Crippen LogP contribution >= 0.6 is 0 Å². The van der Waals surface area contributed by atoms with Crippen molar-refractivity contribution in [2.75, 3.05) is 20.1 Å². The van der Waals surface area contributed by atoms with E-state index in [9.17, 15) is 4.79 Å². The maximum atomic E-state index is 12.7. The van der Waals surface area contributed by atoms with Crippen LogP contribution in [0.1, 0.15) is 37.3 Å². The molecule has 0 aliphatic carbocycles. The molecule has 3 heterocycles. The fraction of sp³-hybridized carbons (Fsp3) is 0.529. The van der Waals surface area contributed by atoms with Gasteiger partial charge in [-0.25, -0.2) is 0 Å². The van der Waals surface area contributed by atoms with Crippen molar-refractivity contribution in [1.29, 1.82) is 0 Å². The first-order valence-corrected chi connectivity index (χ1v) is 8.07. The fourth-order valence-electron chi connectivity index (χ4n) is 3.08. The van der Waals surface area contributed by atoms with E-state index < -0.39 is 0 Å². The molecule has 6 heteroatoms. The van der Waals surface area contributed by atoms with Gasteiger partial charge in [0.05, 0.1) is 18.8 Å². The highest BCUT2D eigenvalue weighted by atomic mass is 16.5. The van der Waals surface area contributed by atoms with Gasteiger partial charge in [0.1, 0.15) is 17.7 Å². The first-order chi connectivity index (χ1) is 11.1. The minimum absolute atomic E-state index is 0.0672. The average molecular weight is 317 g/mol. The molecule has 124 valence electrons. The topological polar surface area (TPSA) is 62.7 Å². The van der Waals surface area contributed by atoms with E-state index in [0.29, 0.717) is 0 Å². The summed E-state index contributed by atoms with van der Waals surface area (Å²) >= 11 is 0. The molecule has 2 aromatic heterocycles. The van der Waals surface area contributed by atoms with E-state index in [4.69, 9.17) is 8.94 Å². The molecule has 1 aliphatic rings. The SMILES string of the molecule is C[C@H](c1ccon1)N(C)C(=O)C1CCN(Cc2ccco2)CC1. The molecular formula is C17H23N3O3. The van der Waals surface area contributed by atoms with E-state index in [0.717, 1.165) is 43.9 Å². The van der Waals surface area contributed by atoms with E-state index in [1.807, 2.05) is 26.1 Å². The molecular weight excluding hydrogens is 294 g/mol. The van der Waals surface area contributed by atoms with E-state index in [1.165, 1.54) is 6.26 Å². The van der Waals surface area contributed by atoms with Gasteiger partial charge >= 0.3 is 0 Å². The van der Waals surface area contributed by atoms with Gasteiger partial charge in [-0.05, 0) is 45.0 Å². The molecule has 0 bridgehead atoms. The lowest BCUT2D eigenvalue weighted by Crippen LogP contribution is -2.41. The van der Waals surface area contributed by atoms with Crippen molar-refractivity contribution in [1.82, 2.24) is 15.0 Å². The highest BCUT2D eigenvalue weighted by molar-refractivity contribution is 5.79. The quantitative estimate of drug-likeness (QED) is 0.848. The van der Waals surface area contributed by atoms with Gasteiger partial charge in [-0.3, -0.25) is 9.69 Å². The summed E-state index contributed by atoms with van der Waals surface area (Å²) in [6.07, 6.45) is 5.01. The number of hydrogen-bond acceptors (Lipinski definition) is 5. The summed E-state index contributed by atoms with van der Waals surface area (Å²) in [5.41, 5.74) is 0.788. The van der Waals surface area contributed by atoms with Gasteiger partial charge in [-0.2, -0.15) is 0 Å². The molecule has 1 aliphatic heterocycles. The van der Waals surface area contributed by atoms with Crippen molar-refractivity contribution in [3.05, 3.63) is 42.2 Å². The highest BCUT2D eigenvalue weighted by Gasteiger charge is 2.30. The third-order valence-electron chi connectivity index (χ3n) is 4.71. The molecule has 1 atom stereocenters. The molecule has 0 radical (unpaired) electrons. The lowest BCUT2D eigenvalue weighted by Gasteiger charge is -2.34. The number of hydrogen-bond donors (Lipinski definition) is 0. The zero-order valence-electron chi connectivity index (χ0n) is 13.6. The van der Waals surface area contributed by atoms with Gasteiger partial charge < -0.3 is 13.8 Å². The number of nitrogens with zero attached hydrogens (tertiary/aromatic N) is 3. The molecule has 0 spiro atoms. The third kappa shape index (κ3) is 3.64. The van der Waals surface area contributed by atoms with Crippen LogP contribution in [0.5, 0.6) is 0 Å². The van der Waals surface area contributed by atoms with Gasteiger partial charge in [0.25, 0.3) is 0 Å². The molecule has 0 aromatic carbocycles. The molecule has 2 aromatic rings. The van der Waals surface area contributed by atoms with Gasteiger partial charge in [-0.1, -0.05) is 5.16 Å². The second-order valence-corrected chi connectivity index (χ2v) is 6.18. The summed E-state index contributed by atoms with van der Waals surface area (Å²) < 4.78 is 10.3. The minimum Gasteiger partial charge on any atom is -0.468 e. The molecule has 1 saturated heterocycles. The van der Waals surface area contributed by atoms with Crippen LogP contribution < -0.4 is 0 Å². The van der Waals surface area contributed by atoms with Crippen LogP contribution in [0.15, 0.2) is 39.7 Å². The van der Waals surface area contributed by atoms with Crippen LogP contribution in [0.2, 0.25) is 0 Å². The van der Waals surface area contributed by atoms with Crippen LogP contribution in [-0.4, -0.2) is 41.0 Å². The summed E-state index contributed by atoms with van der Waals surface area (Å²) in [5, 5.41) is 3.93. The fourth-order valence-corrected chi connectivity index (χ4v) is 3.08. The largest absolute Gasteiger partial charge is 0.468 e. The van der Waals surface area contributed by atoms with Crippen LogP contribution in [0, 0.1) is 5.92 Å². The van der Waals surface area contributed by atoms with Crippen LogP contribution in [0.3, 0.4) is 0 Å². The molecule has 1 amide bonds. The second-order valence-electron chi connectivity index (χ2n) is 6.18. The molecule has 23 heavy (non-hydrogen) atoms. The number of carbonyl (C=O) groups excluding carboxylic acids is 1. The Kier molecular flexibility index (Phi) is 4.81. The first-order valence-electron chi connectivity index (χ1n) is 8.07. The standard InChI is InChI=1S/C17H23N3O3/c1-13(16-7-11-23-18-16)19(2)17(21)14-5-8-20(9-6-14)12-15-4-3-10-22-15/h3-4,7,10-11,13-14H,5-6,8-9,12H2,1-2H3/t13-/m1/s1. The van der Waals surface area contributed by atoms with Crippen LogP contribution in [-0.2, 0) is 11.3 Å². The predicted octanol–water partition coefficient (Wildman–Crippen LogP) is 2.70. The molecule has 3 rings (SSSR count). The summed E-state index contributed by atoms with van der Waals surface area (Å²) in [4.78, 5) is 16.8. The van der Waals surface area contributed by atoms with Crippen molar-refractivity contribution >= 4 is 5.91 Å². The van der Waals surface area contributed by atoms with Crippen molar-refractivity contribution in [3.63, 3.8) is 0 Å². The van der Waals surface area contributed by atoms with Crippen molar-refractivity contribution < 1.29 is 13.7 Å². The maximum Gasteiger partial charge on any atom is 0.226 e. The Morgan fingerprint density at radius 1 is 1.39 bits per heavy atom. The number of amides is 1. The lowest BCUT2D eigenvalue weighted by molar-refractivity contribution is -0.137. The normalized spacial score (nSPS) is 18.0. The molecule has 0 unspecified atom stereocenters. The van der Waals surface area contributed by atoms with Gasteiger partial charge in [0.15, 0.2) is 0 Å². The zero-order chi connectivity index (χ0) is 16.2. The number of likely N-dealkylation sites (tertiary alicyclic amines) is 1. The lowest BCUT2D eigenvalue weighted by atomic mass is 9.94. The second kappa shape index (κ2) is 7.00. The highest BCUT2D eigenvalue weighted by Crippen LogP contribution is 2.25. The Bertz CT molecular complexity index is 601. The maximum absolute atomic E-state index is 12.7. The summed E-state index contributed by atoms with van der Waals surface area (Å²) in [7, 11) is 1.84. The van der Waals surface area contributed by atoms with Crippen molar-refractivity contribution in [2.24, 2.45) is 5.92 Å². The zero-order valence-corrected chi connectivity index (χ0v) is 13.6. The number of aromatic nitrogens is 1. The van der Waals surface area contributed by atoms with Gasteiger partial charge in [0.2, 0.25) is 5.91 Å². The summed E-state index contributed by atoms with van der Waals surface area (Å²) in [6, 6.07) is 5.64. The Hall–Kier alpha value is -2.08. The average Bonchev–Trinajstić information content (AvgIpc) is 3.27. The monoisotopic (exact) mass is 317 g/mol. The summed E-state index contributed by atoms with van der Waals surface area (Å²) in [6.45, 7) is 4.63. The van der Waals surface area contributed by atoms with E-state index in [1.54, 1.807) is 17.2 Å². The molecule has 0 saturated carbocycles. The Morgan fingerprint density at radius 2 is 2.17 bits per heavy atom. The van der Waals surface area contributed by atoms with Crippen molar-refractivity contribution in [2.45, 2.75) is 32.4 Å². The number of furan rings is 1. The van der Waals surface area contributed by atoms with Gasteiger partial charge in [0, 0.05) is 19.0 Å². The molecule has 0 N–H and O–H groups in total. The minimum atomic E-state index is -0.0672. The Balaban J connectivity index is 1.51. The molecule has 1 fully saturated rings. The van der Waals surface area contributed by atoms with E-state index >= 15 is 0 Å². The third-order valence-corrected chi connectivity index (χ3v) is 4.71. The Labute approximate surface area is 136 Å². The summed E-state index contributed by atoms with van der Waals surface area (Å²) in [5.74, 6) is 1.26. The van der Waals surface area contributed by atoms with Gasteiger partial charge in [-0.15, -0.1) is 0 Å². The van der Waals surface area contributed by atoms with Crippen LogP contribution in [0.4, 0.5) is 0 Å². The number of carbonyl (C=O) groups is 1. The van der Waals surface area contributed by atoms with E-state index in [2.05, 4.69) is 10.1 Å². The number of piperidine rings is 1. The van der Waals surface area contributed by atoms with Crippen molar-refractivity contribution in [3.8, 4) is 0 Å². The smallest absolute Gasteiger partial charge is 0.226 e. The predicted molar refractivity (Wildman–Crippen MR) is 84.4 cm³/mol. The molecule has 6 nitrogen and oxygen atoms in total.